The zero-order chi connectivity index (χ0) is 25.1. The molecular weight excluding hydrogens is 448 g/mol. The van der Waals surface area contributed by atoms with Gasteiger partial charge in [-0.1, -0.05) is 12.1 Å². The lowest BCUT2D eigenvalue weighted by atomic mass is 10.1. The van der Waals surface area contributed by atoms with Crippen LogP contribution in [0.3, 0.4) is 0 Å². The van der Waals surface area contributed by atoms with E-state index < -0.39 is 36.5 Å². The quantitative estimate of drug-likeness (QED) is 0.0920. The minimum atomic E-state index is -1.57. The number of amides is 1. The molecule has 0 saturated heterocycles. The van der Waals surface area contributed by atoms with Gasteiger partial charge in [0.2, 0.25) is 0 Å². The molecule has 0 bridgehead atoms. The van der Waals surface area contributed by atoms with Gasteiger partial charge < -0.3 is 36.1 Å². The van der Waals surface area contributed by atoms with Crippen molar-refractivity contribution in [1.29, 1.82) is 5.41 Å². The fourth-order valence-electron chi connectivity index (χ4n) is 2.74. The van der Waals surface area contributed by atoms with Gasteiger partial charge in [-0.15, -0.1) is 0 Å². The lowest BCUT2D eigenvalue weighted by molar-refractivity contribution is -0.145. The van der Waals surface area contributed by atoms with Gasteiger partial charge in [-0.25, -0.2) is 14.4 Å². The Morgan fingerprint density at radius 2 is 1.65 bits per heavy atom. The Labute approximate surface area is 194 Å². The first-order valence-corrected chi connectivity index (χ1v) is 10.0. The number of rotatable bonds is 11. The molecule has 2 aromatic carbocycles. The molecule has 1 unspecified atom stereocenters. The maximum atomic E-state index is 12.3. The smallest absolute Gasteiger partial charge is 0.407 e. The molecule has 12 heteroatoms. The number of carboxylic acid groups (broad SMARTS) is 2. The highest BCUT2D eigenvalue weighted by molar-refractivity contribution is 5.93. The molecule has 0 saturated carbocycles. The largest absolute Gasteiger partial charge is 0.481 e. The number of hydrogen-bond acceptors (Lipinski definition) is 7. The van der Waals surface area contributed by atoms with E-state index in [0.717, 1.165) is 5.56 Å². The number of aryl methyl sites for hydroxylation is 1. The maximum absolute atomic E-state index is 12.3. The third-order valence-electron chi connectivity index (χ3n) is 4.35. The summed E-state index contributed by atoms with van der Waals surface area (Å²) in [5, 5.41) is 29.3. The molecule has 2 rings (SSSR count). The Morgan fingerprint density at radius 3 is 2.21 bits per heavy atom. The van der Waals surface area contributed by atoms with Crippen molar-refractivity contribution in [3.8, 4) is 5.75 Å². The van der Waals surface area contributed by atoms with Crippen LogP contribution >= 0.6 is 0 Å². The predicted octanol–water partition coefficient (Wildman–Crippen LogP) is 1.80. The number of benzene rings is 2. The zero-order valence-corrected chi connectivity index (χ0v) is 17.9. The average molecular weight is 472 g/mol. The van der Waals surface area contributed by atoms with Crippen LogP contribution in [0.25, 0.3) is 0 Å². The number of carboxylic acids is 2. The third kappa shape index (κ3) is 8.86. The summed E-state index contributed by atoms with van der Waals surface area (Å²) in [6, 6.07) is 11.4. The van der Waals surface area contributed by atoms with Crippen LogP contribution in [-0.4, -0.2) is 52.8 Å². The normalized spacial score (nSPS) is 11.1. The molecule has 34 heavy (non-hydrogen) atoms. The van der Waals surface area contributed by atoms with Crippen LogP contribution < -0.4 is 21.1 Å². The number of carbonyl (C=O) groups excluding carboxylic acids is 2. The first kappa shape index (κ1) is 25.6. The molecule has 0 heterocycles. The minimum Gasteiger partial charge on any atom is -0.481 e. The summed E-state index contributed by atoms with van der Waals surface area (Å²) in [6.07, 6.45) is -0.807. The second-order valence-electron chi connectivity index (χ2n) is 7.02. The number of anilines is 1. The monoisotopic (exact) mass is 472 g/mol. The topological polar surface area (TPSA) is 201 Å². The summed E-state index contributed by atoms with van der Waals surface area (Å²) < 4.78 is 10.2. The van der Waals surface area contributed by atoms with Crippen LogP contribution in [0.4, 0.5) is 10.5 Å². The van der Waals surface area contributed by atoms with Crippen LogP contribution in [-0.2, 0) is 20.7 Å². The summed E-state index contributed by atoms with van der Waals surface area (Å²) in [7, 11) is 0. The van der Waals surface area contributed by atoms with E-state index in [1.165, 1.54) is 0 Å². The molecular formula is C22H24N4O8. The second kappa shape index (κ2) is 12.4. The molecule has 0 aromatic heterocycles. The highest BCUT2D eigenvalue weighted by Gasteiger charge is 2.23. The van der Waals surface area contributed by atoms with E-state index in [0.29, 0.717) is 29.8 Å². The molecule has 7 N–H and O–H groups in total. The molecule has 0 aliphatic carbocycles. The first-order chi connectivity index (χ1) is 16.1. The molecule has 0 radical (unpaired) electrons. The molecule has 0 spiro atoms. The van der Waals surface area contributed by atoms with E-state index in [4.69, 9.17) is 30.8 Å². The Hall–Kier alpha value is -4.61. The number of nitrogens with two attached hydrogens (primary N) is 1. The van der Waals surface area contributed by atoms with Crippen molar-refractivity contribution >= 4 is 35.6 Å². The SMILES string of the molecule is N=C(N)Nc1ccc(C(=O)Oc2ccc(CCCOC(=O)NC(CC(=O)O)C(=O)O)cc2)cc1. The van der Waals surface area contributed by atoms with Gasteiger partial charge >= 0.3 is 24.0 Å². The van der Waals surface area contributed by atoms with E-state index in [9.17, 15) is 19.2 Å². The number of alkyl carbamates (subject to hydrolysis) is 1. The lowest BCUT2D eigenvalue weighted by Gasteiger charge is -2.12. The minimum absolute atomic E-state index is 0.00351. The average Bonchev–Trinajstić information content (AvgIpc) is 2.77. The highest BCUT2D eigenvalue weighted by Crippen LogP contribution is 2.16. The van der Waals surface area contributed by atoms with Crippen molar-refractivity contribution in [2.45, 2.75) is 25.3 Å². The van der Waals surface area contributed by atoms with Crippen LogP contribution in [0.5, 0.6) is 5.75 Å². The predicted molar refractivity (Wildman–Crippen MR) is 120 cm³/mol. The van der Waals surface area contributed by atoms with Crippen molar-refractivity contribution in [2.75, 3.05) is 11.9 Å². The van der Waals surface area contributed by atoms with Gasteiger partial charge in [0.25, 0.3) is 0 Å². The Balaban J connectivity index is 1.75. The third-order valence-corrected chi connectivity index (χ3v) is 4.35. The van der Waals surface area contributed by atoms with E-state index in [2.05, 4.69) is 5.32 Å². The first-order valence-electron chi connectivity index (χ1n) is 10.0. The number of nitrogens with one attached hydrogen (secondary N) is 3. The summed E-state index contributed by atoms with van der Waals surface area (Å²) in [6.45, 7) is -0.00351. The van der Waals surface area contributed by atoms with Crippen molar-refractivity contribution in [1.82, 2.24) is 5.32 Å². The molecule has 0 aliphatic heterocycles. The molecule has 0 fully saturated rings. The molecule has 1 atom stereocenters. The number of ether oxygens (including phenoxy) is 2. The Morgan fingerprint density at radius 1 is 1.00 bits per heavy atom. The standard InChI is InChI=1S/C22H24N4O8/c23-21(24)25-15-7-5-14(6-8-15)20(31)34-16-9-3-13(4-10-16)2-1-11-33-22(32)26-17(19(29)30)12-18(27)28/h3-10,17H,1-2,11-12H2,(H,26,32)(H,27,28)(H,29,30)(H4,23,24,25). The molecule has 1 amide bonds. The molecule has 12 nitrogen and oxygen atoms in total. The van der Waals surface area contributed by atoms with Crippen molar-refractivity contribution < 1.29 is 38.9 Å². The van der Waals surface area contributed by atoms with Crippen molar-refractivity contribution in [3.63, 3.8) is 0 Å². The zero-order valence-electron chi connectivity index (χ0n) is 17.9. The number of guanidine groups is 1. The van der Waals surface area contributed by atoms with Crippen molar-refractivity contribution in [2.24, 2.45) is 5.73 Å². The van der Waals surface area contributed by atoms with Crippen LogP contribution in [0, 0.1) is 5.41 Å². The van der Waals surface area contributed by atoms with Gasteiger partial charge in [0.15, 0.2) is 5.96 Å². The highest BCUT2D eigenvalue weighted by atomic mass is 16.5. The lowest BCUT2D eigenvalue weighted by Crippen LogP contribution is -2.42. The second-order valence-corrected chi connectivity index (χ2v) is 7.02. The Kier molecular flexibility index (Phi) is 9.38. The fourth-order valence-corrected chi connectivity index (χ4v) is 2.74. The van der Waals surface area contributed by atoms with E-state index in [1.54, 1.807) is 48.5 Å². The van der Waals surface area contributed by atoms with Crippen molar-refractivity contribution in [3.05, 3.63) is 59.7 Å². The number of esters is 1. The molecule has 180 valence electrons. The Bertz CT molecular complexity index is 1040. The van der Waals surface area contributed by atoms with Gasteiger partial charge in [0, 0.05) is 5.69 Å². The summed E-state index contributed by atoms with van der Waals surface area (Å²) >= 11 is 0. The van der Waals surface area contributed by atoms with Gasteiger partial charge in [-0.3, -0.25) is 10.2 Å². The number of hydrogen-bond donors (Lipinski definition) is 6. The number of aliphatic carboxylic acids is 2. The van der Waals surface area contributed by atoms with E-state index in [-0.39, 0.29) is 12.6 Å². The van der Waals surface area contributed by atoms with E-state index >= 15 is 0 Å². The fraction of sp³-hybridized carbons (Fsp3) is 0.227. The summed E-state index contributed by atoms with van der Waals surface area (Å²) in [4.78, 5) is 45.4. The summed E-state index contributed by atoms with van der Waals surface area (Å²) in [5.74, 6) is -3.26. The van der Waals surface area contributed by atoms with E-state index in [1.807, 2.05) is 5.32 Å². The molecule has 2 aromatic rings. The van der Waals surface area contributed by atoms with Crippen LogP contribution in [0.1, 0.15) is 28.8 Å². The summed E-state index contributed by atoms with van der Waals surface area (Å²) in [5.41, 5.74) is 7.02. The van der Waals surface area contributed by atoms with Crippen LogP contribution in [0.15, 0.2) is 48.5 Å². The van der Waals surface area contributed by atoms with Crippen LogP contribution in [0.2, 0.25) is 0 Å². The maximum Gasteiger partial charge on any atom is 0.407 e. The van der Waals surface area contributed by atoms with Gasteiger partial charge in [-0.2, -0.15) is 0 Å². The van der Waals surface area contributed by atoms with Gasteiger partial charge in [0.1, 0.15) is 11.8 Å². The van der Waals surface area contributed by atoms with Gasteiger partial charge in [-0.05, 0) is 54.8 Å². The van der Waals surface area contributed by atoms with Gasteiger partial charge in [0.05, 0.1) is 18.6 Å². The molecule has 0 aliphatic rings. The number of carbonyl (C=O) groups is 4.